The van der Waals surface area contributed by atoms with Crippen LogP contribution in [0, 0.1) is 6.92 Å². The van der Waals surface area contributed by atoms with E-state index >= 15 is 0 Å². The Morgan fingerprint density at radius 1 is 1.02 bits per heavy atom. The molecule has 1 atom stereocenters. The molecule has 4 heterocycles. The van der Waals surface area contributed by atoms with E-state index in [1.54, 1.807) is 36.0 Å². The third-order valence-corrected chi connectivity index (χ3v) is 6.85. The minimum Gasteiger partial charge on any atom is -0.381 e. The van der Waals surface area contributed by atoms with E-state index in [0.29, 0.717) is 38.9 Å². The summed E-state index contributed by atoms with van der Waals surface area (Å²) in [6.45, 7) is 3.63. The summed E-state index contributed by atoms with van der Waals surface area (Å²) in [7, 11) is 0. The highest BCUT2D eigenvalue weighted by atomic mass is 16.2. The third kappa shape index (κ3) is 4.21. The number of rotatable bonds is 5. The zero-order valence-corrected chi connectivity index (χ0v) is 21.8. The van der Waals surface area contributed by atoms with Crippen molar-refractivity contribution in [3.63, 3.8) is 0 Å². The number of anilines is 1. The lowest BCUT2D eigenvalue weighted by Gasteiger charge is -2.21. The molecule has 0 spiro atoms. The number of carbonyl (C=O) groups is 1. The van der Waals surface area contributed by atoms with Gasteiger partial charge >= 0.3 is 0 Å². The van der Waals surface area contributed by atoms with E-state index in [-0.39, 0.29) is 22.5 Å². The molecule has 0 saturated heterocycles. The normalized spacial score (nSPS) is 12.1. The number of amides is 1. The number of nitrogens with one attached hydrogen (secondary N) is 2. The number of hydrogen-bond donors (Lipinski definition) is 3. The molecule has 6 rings (SSSR count). The molecule has 198 valence electrons. The SMILES string of the molecule is Cc1ccn2nc(N)c(C(=O)NC(C)c3cc4cccc(-c5cc[nH]c(=O)c5)c4c(=O)n3-c3ccccc3)c2n1. The molecule has 2 aromatic carbocycles. The van der Waals surface area contributed by atoms with Gasteiger partial charge in [0, 0.05) is 35.5 Å². The molecule has 0 aliphatic rings. The first kappa shape index (κ1) is 24.8. The molecule has 40 heavy (non-hydrogen) atoms. The molecule has 10 nitrogen and oxygen atoms in total. The number of pyridine rings is 2. The van der Waals surface area contributed by atoms with E-state index in [4.69, 9.17) is 5.73 Å². The van der Waals surface area contributed by atoms with Crippen LogP contribution in [0.3, 0.4) is 0 Å². The van der Waals surface area contributed by atoms with Crippen molar-refractivity contribution in [3.05, 3.63) is 123 Å². The summed E-state index contributed by atoms with van der Waals surface area (Å²) in [5.41, 5.74) is 9.29. The highest BCUT2D eigenvalue weighted by molar-refractivity contribution is 6.04. The van der Waals surface area contributed by atoms with Crippen molar-refractivity contribution in [1.29, 1.82) is 0 Å². The first-order chi connectivity index (χ1) is 19.3. The van der Waals surface area contributed by atoms with Crippen molar-refractivity contribution < 1.29 is 4.79 Å². The number of H-pyrrole nitrogens is 1. The largest absolute Gasteiger partial charge is 0.381 e. The fourth-order valence-electron chi connectivity index (χ4n) is 4.99. The fraction of sp³-hybridized carbons (Fsp3) is 0.100. The Balaban J connectivity index is 1.52. The molecular formula is C30H25N7O3. The fourth-order valence-corrected chi connectivity index (χ4v) is 4.99. The average Bonchev–Trinajstić information content (AvgIpc) is 3.27. The molecule has 0 fully saturated rings. The Hall–Kier alpha value is -5.51. The number of aryl methyl sites for hydroxylation is 1. The van der Waals surface area contributed by atoms with Crippen molar-refractivity contribution in [2.45, 2.75) is 19.9 Å². The second-order valence-electron chi connectivity index (χ2n) is 9.55. The number of hydrogen-bond acceptors (Lipinski definition) is 6. The maximum Gasteiger partial charge on any atom is 0.263 e. The van der Waals surface area contributed by atoms with E-state index < -0.39 is 11.9 Å². The van der Waals surface area contributed by atoms with Crippen LogP contribution in [0.2, 0.25) is 0 Å². The van der Waals surface area contributed by atoms with Crippen molar-refractivity contribution in [2.75, 3.05) is 5.73 Å². The van der Waals surface area contributed by atoms with Crippen LogP contribution < -0.4 is 22.2 Å². The number of aromatic nitrogens is 5. The van der Waals surface area contributed by atoms with Gasteiger partial charge in [-0.25, -0.2) is 9.50 Å². The highest BCUT2D eigenvalue weighted by Crippen LogP contribution is 2.29. The molecule has 0 radical (unpaired) electrons. The topological polar surface area (TPSA) is 140 Å². The Morgan fingerprint density at radius 3 is 2.60 bits per heavy atom. The number of nitrogen functional groups attached to an aromatic ring is 1. The van der Waals surface area contributed by atoms with Gasteiger partial charge in [0.1, 0.15) is 5.56 Å². The smallest absolute Gasteiger partial charge is 0.263 e. The Bertz CT molecular complexity index is 2040. The van der Waals surface area contributed by atoms with Gasteiger partial charge in [0.15, 0.2) is 11.5 Å². The summed E-state index contributed by atoms with van der Waals surface area (Å²) in [5.74, 6) is -0.397. The van der Waals surface area contributed by atoms with Crippen LogP contribution in [-0.4, -0.2) is 30.1 Å². The monoisotopic (exact) mass is 531 g/mol. The van der Waals surface area contributed by atoms with E-state index in [1.807, 2.05) is 61.5 Å². The van der Waals surface area contributed by atoms with Crippen molar-refractivity contribution in [2.24, 2.45) is 0 Å². The standard InChI is InChI=1S/C30H25N7O3/c1-17-12-14-36-28(33-17)26(27(31)35-36)29(39)34-18(2)23-15-20-7-6-10-22(19-11-13-32-24(38)16-19)25(20)30(40)37(23)21-8-4-3-5-9-21/h3-16,18H,1-2H3,(H2,31,35)(H,32,38)(H,34,39). The minimum atomic E-state index is -0.604. The minimum absolute atomic E-state index is 0.0595. The second kappa shape index (κ2) is 9.66. The summed E-state index contributed by atoms with van der Waals surface area (Å²) in [5, 5.41) is 8.34. The molecule has 0 bridgehead atoms. The average molecular weight is 532 g/mol. The molecule has 0 saturated carbocycles. The number of para-hydroxylation sites is 1. The maximum absolute atomic E-state index is 14.2. The number of carbonyl (C=O) groups excluding carboxylic acids is 1. The van der Waals surface area contributed by atoms with E-state index in [9.17, 15) is 14.4 Å². The zero-order valence-electron chi connectivity index (χ0n) is 21.8. The molecule has 0 aliphatic heterocycles. The van der Waals surface area contributed by atoms with Crippen LogP contribution in [0.25, 0.3) is 33.2 Å². The lowest BCUT2D eigenvalue weighted by Crippen LogP contribution is -2.32. The Kier molecular flexibility index (Phi) is 5.99. The number of fused-ring (bicyclic) bond motifs is 2. The van der Waals surface area contributed by atoms with Gasteiger partial charge < -0.3 is 16.0 Å². The van der Waals surface area contributed by atoms with Gasteiger partial charge in [-0.3, -0.25) is 19.0 Å². The van der Waals surface area contributed by atoms with Crippen LogP contribution in [-0.2, 0) is 0 Å². The van der Waals surface area contributed by atoms with Gasteiger partial charge in [-0.2, -0.15) is 0 Å². The van der Waals surface area contributed by atoms with E-state index in [2.05, 4.69) is 20.4 Å². The summed E-state index contributed by atoms with van der Waals surface area (Å²) in [6, 6.07) is 21.0. The summed E-state index contributed by atoms with van der Waals surface area (Å²) < 4.78 is 3.06. The lowest BCUT2D eigenvalue weighted by molar-refractivity contribution is 0.0941. The van der Waals surface area contributed by atoms with Crippen molar-refractivity contribution >= 4 is 28.1 Å². The number of nitrogens with zero attached hydrogens (tertiary/aromatic N) is 4. The lowest BCUT2D eigenvalue weighted by atomic mass is 9.98. The van der Waals surface area contributed by atoms with Gasteiger partial charge in [0.05, 0.1) is 11.4 Å². The van der Waals surface area contributed by atoms with Crippen LogP contribution in [0.5, 0.6) is 0 Å². The molecule has 1 unspecified atom stereocenters. The van der Waals surface area contributed by atoms with Gasteiger partial charge in [0.25, 0.3) is 11.5 Å². The zero-order chi connectivity index (χ0) is 28.0. The van der Waals surface area contributed by atoms with Crippen LogP contribution >= 0.6 is 0 Å². The Morgan fingerprint density at radius 2 is 1.82 bits per heavy atom. The third-order valence-electron chi connectivity index (χ3n) is 6.85. The van der Waals surface area contributed by atoms with Crippen LogP contribution in [0.15, 0.2) is 94.8 Å². The maximum atomic E-state index is 14.2. The Labute approximate surface area is 227 Å². The van der Waals surface area contributed by atoms with Crippen molar-refractivity contribution in [3.8, 4) is 16.8 Å². The van der Waals surface area contributed by atoms with Gasteiger partial charge in [-0.05, 0) is 60.7 Å². The van der Waals surface area contributed by atoms with Gasteiger partial charge in [0.2, 0.25) is 5.56 Å². The van der Waals surface area contributed by atoms with Gasteiger partial charge in [-0.1, -0.05) is 36.4 Å². The summed E-state index contributed by atoms with van der Waals surface area (Å²) in [6.07, 6.45) is 3.25. The van der Waals surface area contributed by atoms with Crippen molar-refractivity contribution in [1.82, 2.24) is 29.5 Å². The molecule has 10 heteroatoms. The summed E-state index contributed by atoms with van der Waals surface area (Å²) >= 11 is 0. The predicted octanol–water partition coefficient (Wildman–Crippen LogP) is 3.77. The number of aromatic amines is 1. The van der Waals surface area contributed by atoms with Crippen LogP contribution in [0.4, 0.5) is 5.82 Å². The first-order valence-corrected chi connectivity index (χ1v) is 12.7. The molecule has 1 amide bonds. The quantitative estimate of drug-likeness (QED) is 0.309. The number of nitrogens with two attached hydrogens (primary N) is 1. The molecule has 0 aliphatic carbocycles. The molecular weight excluding hydrogens is 506 g/mol. The van der Waals surface area contributed by atoms with Crippen LogP contribution in [0.1, 0.15) is 34.7 Å². The second-order valence-corrected chi connectivity index (χ2v) is 9.55. The van der Waals surface area contributed by atoms with E-state index in [0.717, 1.165) is 5.69 Å². The molecule has 4 aromatic heterocycles. The summed E-state index contributed by atoms with van der Waals surface area (Å²) in [4.78, 5) is 46.8. The predicted molar refractivity (Wildman–Crippen MR) is 154 cm³/mol. The molecule has 4 N–H and O–H groups in total. The van der Waals surface area contributed by atoms with Gasteiger partial charge in [-0.15, -0.1) is 5.10 Å². The first-order valence-electron chi connectivity index (χ1n) is 12.7. The van der Waals surface area contributed by atoms with E-state index in [1.165, 1.54) is 10.6 Å². The number of benzene rings is 2. The highest BCUT2D eigenvalue weighted by Gasteiger charge is 2.24. The molecule has 6 aromatic rings.